The number of fused-ring (bicyclic) bond motifs is 3. The monoisotopic (exact) mass is 270 g/mol. The SMILES string of the molecule is O=C1CC2CCCN2c2ccc(C(F)(F)F)cc2N1. The molecule has 2 heterocycles. The Hall–Kier alpha value is -1.72. The van der Waals surface area contributed by atoms with Gasteiger partial charge in [0.1, 0.15) is 0 Å². The van der Waals surface area contributed by atoms with Crippen molar-refractivity contribution in [2.75, 3.05) is 16.8 Å². The molecule has 1 fully saturated rings. The van der Waals surface area contributed by atoms with Gasteiger partial charge in [-0.1, -0.05) is 0 Å². The maximum absolute atomic E-state index is 12.7. The highest BCUT2D eigenvalue weighted by atomic mass is 19.4. The minimum absolute atomic E-state index is 0.109. The van der Waals surface area contributed by atoms with Gasteiger partial charge in [0.05, 0.1) is 16.9 Å². The van der Waals surface area contributed by atoms with Gasteiger partial charge < -0.3 is 10.2 Å². The van der Waals surface area contributed by atoms with Crippen molar-refractivity contribution in [2.24, 2.45) is 0 Å². The fourth-order valence-corrected chi connectivity index (χ4v) is 2.84. The number of rotatable bonds is 0. The van der Waals surface area contributed by atoms with E-state index in [1.165, 1.54) is 6.07 Å². The van der Waals surface area contributed by atoms with E-state index in [1.807, 2.05) is 4.90 Å². The second-order valence-corrected chi connectivity index (χ2v) is 4.97. The van der Waals surface area contributed by atoms with Crippen LogP contribution in [0.1, 0.15) is 24.8 Å². The number of alkyl halides is 3. The van der Waals surface area contributed by atoms with Crippen LogP contribution in [-0.2, 0) is 11.0 Å². The molecular weight excluding hydrogens is 257 g/mol. The molecule has 1 aromatic rings. The largest absolute Gasteiger partial charge is 0.416 e. The first-order valence-electron chi connectivity index (χ1n) is 6.23. The fraction of sp³-hybridized carbons (Fsp3) is 0.462. The predicted molar refractivity (Wildman–Crippen MR) is 65.1 cm³/mol. The zero-order valence-corrected chi connectivity index (χ0v) is 10.1. The third kappa shape index (κ3) is 2.15. The molecule has 3 rings (SSSR count). The molecule has 1 unspecified atom stereocenters. The quantitative estimate of drug-likeness (QED) is 0.786. The van der Waals surface area contributed by atoms with Crippen molar-refractivity contribution in [3.8, 4) is 0 Å². The summed E-state index contributed by atoms with van der Waals surface area (Å²) in [6, 6.07) is 3.67. The van der Waals surface area contributed by atoms with Gasteiger partial charge in [-0.15, -0.1) is 0 Å². The summed E-state index contributed by atoms with van der Waals surface area (Å²) >= 11 is 0. The maximum Gasteiger partial charge on any atom is 0.416 e. The van der Waals surface area contributed by atoms with Crippen LogP contribution in [0.5, 0.6) is 0 Å². The molecule has 0 aromatic heterocycles. The van der Waals surface area contributed by atoms with Crippen LogP contribution in [0.15, 0.2) is 18.2 Å². The summed E-state index contributed by atoms with van der Waals surface area (Å²) in [6.45, 7) is 0.790. The second kappa shape index (κ2) is 4.15. The number of halogens is 3. The van der Waals surface area contributed by atoms with Crippen molar-refractivity contribution in [3.05, 3.63) is 23.8 Å². The average molecular weight is 270 g/mol. The second-order valence-electron chi connectivity index (χ2n) is 4.97. The molecular formula is C13H13F3N2O. The van der Waals surface area contributed by atoms with E-state index in [9.17, 15) is 18.0 Å². The van der Waals surface area contributed by atoms with E-state index in [-0.39, 0.29) is 17.6 Å². The van der Waals surface area contributed by atoms with Gasteiger partial charge in [0, 0.05) is 19.0 Å². The Bertz CT molecular complexity index is 527. The number of nitrogens with one attached hydrogen (secondary N) is 1. The molecule has 1 atom stereocenters. The lowest BCUT2D eigenvalue weighted by atomic mass is 10.1. The minimum atomic E-state index is -4.39. The van der Waals surface area contributed by atoms with Gasteiger partial charge in [-0.3, -0.25) is 4.79 Å². The van der Waals surface area contributed by atoms with E-state index in [4.69, 9.17) is 0 Å². The summed E-state index contributed by atoms with van der Waals surface area (Å²) in [4.78, 5) is 13.8. The molecule has 0 bridgehead atoms. The molecule has 2 aliphatic rings. The van der Waals surface area contributed by atoms with Gasteiger partial charge in [0.2, 0.25) is 5.91 Å². The number of carbonyl (C=O) groups is 1. The first-order valence-corrected chi connectivity index (χ1v) is 6.23. The minimum Gasteiger partial charge on any atom is -0.366 e. The van der Waals surface area contributed by atoms with Gasteiger partial charge in [-0.05, 0) is 31.0 Å². The lowest BCUT2D eigenvalue weighted by Gasteiger charge is -2.25. The van der Waals surface area contributed by atoms with Crippen molar-refractivity contribution in [1.29, 1.82) is 0 Å². The molecule has 1 N–H and O–H groups in total. The van der Waals surface area contributed by atoms with Crippen molar-refractivity contribution < 1.29 is 18.0 Å². The van der Waals surface area contributed by atoms with Crippen molar-refractivity contribution in [3.63, 3.8) is 0 Å². The summed E-state index contributed by atoms with van der Waals surface area (Å²) < 4.78 is 38.1. The van der Waals surface area contributed by atoms with E-state index >= 15 is 0 Å². The molecule has 1 saturated heterocycles. The highest BCUT2D eigenvalue weighted by Crippen LogP contribution is 2.39. The standard InChI is InChI=1S/C13H13F3N2O/c14-13(15,16)8-3-4-11-10(6-8)17-12(19)7-9-2-1-5-18(9)11/h3-4,6,9H,1-2,5,7H2,(H,17,19). The smallest absolute Gasteiger partial charge is 0.366 e. The first kappa shape index (κ1) is 12.3. The number of hydrogen-bond acceptors (Lipinski definition) is 2. The highest BCUT2D eigenvalue weighted by molar-refractivity contribution is 5.97. The van der Waals surface area contributed by atoms with Gasteiger partial charge in [-0.25, -0.2) is 0 Å². The number of hydrogen-bond donors (Lipinski definition) is 1. The molecule has 1 aromatic carbocycles. The normalized spacial score (nSPS) is 22.6. The average Bonchev–Trinajstić information content (AvgIpc) is 2.70. The molecule has 2 aliphatic heterocycles. The van der Waals surface area contributed by atoms with E-state index in [2.05, 4.69) is 5.32 Å². The summed E-state index contributed by atoms with van der Waals surface area (Å²) in [6.07, 6.45) is -2.17. The molecule has 3 nitrogen and oxygen atoms in total. The number of nitrogens with zero attached hydrogens (tertiary/aromatic N) is 1. The van der Waals surface area contributed by atoms with Crippen LogP contribution in [0.2, 0.25) is 0 Å². The lowest BCUT2D eigenvalue weighted by molar-refractivity contribution is -0.137. The van der Waals surface area contributed by atoms with Gasteiger partial charge in [-0.2, -0.15) is 13.2 Å². The number of anilines is 2. The first-order chi connectivity index (χ1) is 8.95. The van der Waals surface area contributed by atoms with Gasteiger partial charge in [0.15, 0.2) is 0 Å². The summed E-state index contributed by atoms with van der Waals surface area (Å²) in [7, 11) is 0. The van der Waals surface area contributed by atoms with Gasteiger partial charge >= 0.3 is 6.18 Å². The van der Waals surface area contributed by atoms with Crippen LogP contribution >= 0.6 is 0 Å². The molecule has 19 heavy (non-hydrogen) atoms. The maximum atomic E-state index is 12.7. The summed E-state index contributed by atoms with van der Waals surface area (Å²) in [5.74, 6) is -0.213. The Kier molecular flexibility index (Phi) is 2.69. The Labute approximate surface area is 108 Å². The van der Waals surface area contributed by atoms with Crippen LogP contribution in [0.25, 0.3) is 0 Å². The van der Waals surface area contributed by atoms with Crippen LogP contribution in [-0.4, -0.2) is 18.5 Å². The summed E-state index contributed by atoms with van der Waals surface area (Å²) in [5.41, 5.74) is 0.231. The Morgan fingerprint density at radius 1 is 1.32 bits per heavy atom. The zero-order valence-electron chi connectivity index (χ0n) is 10.1. The van der Waals surface area contributed by atoms with Gasteiger partial charge in [0.25, 0.3) is 0 Å². The van der Waals surface area contributed by atoms with Crippen LogP contribution in [0, 0.1) is 0 Å². The van der Waals surface area contributed by atoms with E-state index in [1.54, 1.807) is 0 Å². The number of amides is 1. The Morgan fingerprint density at radius 3 is 2.84 bits per heavy atom. The predicted octanol–water partition coefficient (Wildman–Crippen LogP) is 3.02. The van der Waals surface area contributed by atoms with Crippen molar-refractivity contribution in [2.45, 2.75) is 31.5 Å². The lowest BCUT2D eigenvalue weighted by Crippen LogP contribution is -2.29. The van der Waals surface area contributed by atoms with Crippen molar-refractivity contribution in [1.82, 2.24) is 0 Å². The Balaban J connectivity index is 2.06. The third-order valence-electron chi connectivity index (χ3n) is 3.71. The molecule has 102 valence electrons. The molecule has 0 aliphatic carbocycles. The van der Waals surface area contributed by atoms with E-state index in [0.29, 0.717) is 12.1 Å². The van der Waals surface area contributed by atoms with E-state index in [0.717, 1.165) is 31.5 Å². The van der Waals surface area contributed by atoms with E-state index < -0.39 is 11.7 Å². The molecule has 1 amide bonds. The highest BCUT2D eigenvalue weighted by Gasteiger charge is 2.35. The zero-order chi connectivity index (χ0) is 13.6. The molecule has 0 spiro atoms. The van der Waals surface area contributed by atoms with Crippen LogP contribution in [0.4, 0.5) is 24.5 Å². The van der Waals surface area contributed by atoms with Crippen LogP contribution < -0.4 is 10.2 Å². The Morgan fingerprint density at radius 2 is 2.11 bits per heavy atom. The van der Waals surface area contributed by atoms with Crippen LogP contribution in [0.3, 0.4) is 0 Å². The summed E-state index contributed by atoms with van der Waals surface area (Å²) in [5, 5.41) is 2.58. The third-order valence-corrected chi connectivity index (χ3v) is 3.71. The number of carbonyl (C=O) groups excluding carboxylic acids is 1. The molecule has 6 heteroatoms. The topological polar surface area (TPSA) is 32.3 Å². The van der Waals surface area contributed by atoms with Crippen molar-refractivity contribution >= 4 is 17.3 Å². The molecule has 0 radical (unpaired) electrons. The fourth-order valence-electron chi connectivity index (χ4n) is 2.84. The number of benzene rings is 1. The molecule has 0 saturated carbocycles.